The Kier molecular flexibility index (Phi) is 5.47. The van der Waals surface area contributed by atoms with Crippen LogP contribution >= 0.6 is 0 Å². The molecule has 0 radical (unpaired) electrons. The van der Waals surface area contributed by atoms with Crippen LogP contribution < -0.4 is 14.8 Å². The molecule has 1 aliphatic heterocycles. The first-order valence-electron chi connectivity index (χ1n) is 7.76. The fourth-order valence-corrected chi connectivity index (χ4v) is 3.05. The first kappa shape index (κ1) is 17.1. The van der Waals surface area contributed by atoms with Gasteiger partial charge in [0.25, 0.3) is 0 Å². The standard InChI is InChI=1S/C17H24N2O4/c1-11-7-12(2)10-19(9-11)17(21)16(20)18-14-6-5-13(22-3)8-15(14)23-4/h5-6,8,11-12H,7,9-10H2,1-4H3,(H,18,20). The van der Waals surface area contributed by atoms with Gasteiger partial charge in [0.1, 0.15) is 11.5 Å². The Hall–Kier alpha value is -2.24. The molecule has 6 nitrogen and oxygen atoms in total. The minimum absolute atomic E-state index is 0.408. The molecule has 1 heterocycles. The second-order valence-corrected chi connectivity index (χ2v) is 6.18. The van der Waals surface area contributed by atoms with Crippen LogP contribution in [0.3, 0.4) is 0 Å². The van der Waals surface area contributed by atoms with E-state index < -0.39 is 11.8 Å². The van der Waals surface area contributed by atoms with Crippen LogP contribution in [0.5, 0.6) is 11.5 Å². The van der Waals surface area contributed by atoms with Crippen LogP contribution in [0.4, 0.5) is 5.69 Å². The van der Waals surface area contributed by atoms with Crippen molar-refractivity contribution in [2.75, 3.05) is 32.6 Å². The van der Waals surface area contributed by atoms with Crippen molar-refractivity contribution in [2.45, 2.75) is 20.3 Å². The third kappa shape index (κ3) is 4.15. The molecule has 0 bridgehead atoms. The van der Waals surface area contributed by atoms with Gasteiger partial charge >= 0.3 is 11.8 Å². The van der Waals surface area contributed by atoms with E-state index in [0.717, 1.165) is 6.42 Å². The summed E-state index contributed by atoms with van der Waals surface area (Å²) < 4.78 is 10.3. The summed E-state index contributed by atoms with van der Waals surface area (Å²) in [5.74, 6) is 0.740. The number of amides is 2. The van der Waals surface area contributed by atoms with Crippen LogP contribution in [0, 0.1) is 11.8 Å². The fraction of sp³-hybridized carbons (Fsp3) is 0.529. The number of anilines is 1. The minimum Gasteiger partial charge on any atom is -0.497 e. The van der Waals surface area contributed by atoms with Crippen LogP contribution in [-0.2, 0) is 9.59 Å². The van der Waals surface area contributed by atoms with Gasteiger partial charge < -0.3 is 19.7 Å². The van der Waals surface area contributed by atoms with E-state index in [2.05, 4.69) is 19.2 Å². The van der Waals surface area contributed by atoms with Crippen molar-refractivity contribution < 1.29 is 19.1 Å². The average Bonchev–Trinajstić information content (AvgIpc) is 2.53. The maximum Gasteiger partial charge on any atom is 0.314 e. The zero-order valence-electron chi connectivity index (χ0n) is 14.1. The van der Waals surface area contributed by atoms with E-state index in [1.807, 2.05) is 0 Å². The third-order valence-electron chi connectivity index (χ3n) is 4.01. The van der Waals surface area contributed by atoms with Crippen molar-refractivity contribution in [2.24, 2.45) is 11.8 Å². The molecule has 0 spiro atoms. The Morgan fingerprint density at radius 3 is 2.35 bits per heavy atom. The first-order valence-corrected chi connectivity index (χ1v) is 7.76. The fourth-order valence-electron chi connectivity index (χ4n) is 3.05. The number of benzene rings is 1. The summed E-state index contributed by atoms with van der Waals surface area (Å²) in [5, 5.41) is 2.63. The highest BCUT2D eigenvalue weighted by Gasteiger charge is 2.29. The number of hydrogen-bond donors (Lipinski definition) is 1. The Balaban J connectivity index is 2.08. The monoisotopic (exact) mass is 320 g/mol. The number of ether oxygens (including phenoxy) is 2. The number of carbonyl (C=O) groups excluding carboxylic acids is 2. The molecule has 2 atom stereocenters. The van der Waals surface area contributed by atoms with Gasteiger partial charge in [-0.2, -0.15) is 0 Å². The van der Waals surface area contributed by atoms with Crippen LogP contribution in [0.2, 0.25) is 0 Å². The summed E-state index contributed by atoms with van der Waals surface area (Å²) in [6, 6.07) is 5.02. The SMILES string of the molecule is COc1ccc(NC(=O)C(=O)N2CC(C)CC(C)C2)c(OC)c1. The number of carbonyl (C=O) groups is 2. The van der Waals surface area contributed by atoms with Gasteiger partial charge in [0, 0.05) is 19.2 Å². The normalized spacial score (nSPS) is 20.8. The van der Waals surface area contributed by atoms with Crippen molar-refractivity contribution in [1.29, 1.82) is 0 Å². The number of piperidine rings is 1. The molecule has 2 rings (SSSR count). The molecule has 2 amide bonds. The van der Waals surface area contributed by atoms with E-state index in [9.17, 15) is 9.59 Å². The molecular formula is C17H24N2O4. The van der Waals surface area contributed by atoms with Gasteiger partial charge in [0.05, 0.1) is 19.9 Å². The van der Waals surface area contributed by atoms with Crippen LogP contribution in [-0.4, -0.2) is 44.0 Å². The lowest BCUT2D eigenvalue weighted by Gasteiger charge is -2.34. The zero-order chi connectivity index (χ0) is 17.0. The molecule has 1 saturated heterocycles. The Morgan fingerprint density at radius 1 is 1.13 bits per heavy atom. The van der Waals surface area contributed by atoms with Crippen molar-refractivity contribution >= 4 is 17.5 Å². The van der Waals surface area contributed by atoms with Crippen molar-refractivity contribution in [3.8, 4) is 11.5 Å². The lowest BCUT2D eigenvalue weighted by atomic mass is 9.92. The second kappa shape index (κ2) is 7.35. The van der Waals surface area contributed by atoms with Crippen molar-refractivity contribution in [1.82, 2.24) is 4.90 Å². The molecule has 0 aliphatic carbocycles. The topological polar surface area (TPSA) is 67.9 Å². The second-order valence-electron chi connectivity index (χ2n) is 6.18. The first-order chi connectivity index (χ1) is 10.9. The van der Waals surface area contributed by atoms with Gasteiger partial charge in [-0.3, -0.25) is 9.59 Å². The average molecular weight is 320 g/mol. The predicted octanol–water partition coefficient (Wildman–Crippen LogP) is 2.15. The number of rotatable bonds is 3. The van der Waals surface area contributed by atoms with E-state index in [0.29, 0.717) is 42.1 Å². The van der Waals surface area contributed by atoms with Gasteiger partial charge in [-0.1, -0.05) is 13.8 Å². The lowest BCUT2D eigenvalue weighted by Crippen LogP contribution is -2.47. The summed E-state index contributed by atoms with van der Waals surface area (Å²) in [6.45, 7) is 5.44. The molecule has 1 fully saturated rings. The van der Waals surface area contributed by atoms with E-state index in [1.54, 1.807) is 30.2 Å². The zero-order valence-corrected chi connectivity index (χ0v) is 14.1. The smallest absolute Gasteiger partial charge is 0.314 e. The quantitative estimate of drug-likeness (QED) is 0.867. The molecule has 23 heavy (non-hydrogen) atoms. The summed E-state index contributed by atoms with van der Waals surface area (Å²) in [4.78, 5) is 26.3. The number of hydrogen-bond acceptors (Lipinski definition) is 4. The molecule has 2 unspecified atom stereocenters. The lowest BCUT2D eigenvalue weighted by molar-refractivity contribution is -0.144. The molecule has 6 heteroatoms. The Bertz CT molecular complexity index is 578. The predicted molar refractivity (Wildman–Crippen MR) is 87.7 cm³/mol. The summed E-state index contributed by atoms with van der Waals surface area (Å²) in [6.07, 6.45) is 1.08. The van der Waals surface area contributed by atoms with Gasteiger partial charge in [0.2, 0.25) is 0 Å². The maximum atomic E-state index is 12.4. The van der Waals surface area contributed by atoms with Crippen LogP contribution in [0.25, 0.3) is 0 Å². The number of nitrogens with one attached hydrogen (secondary N) is 1. The molecular weight excluding hydrogens is 296 g/mol. The third-order valence-corrected chi connectivity index (χ3v) is 4.01. The molecule has 1 aliphatic rings. The summed E-state index contributed by atoms with van der Waals surface area (Å²) in [5.41, 5.74) is 0.449. The van der Waals surface area contributed by atoms with E-state index in [1.165, 1.54) is 7.11 Å². The Morgan fingerprint density at radius 2 is 1.78 bits per heavy atom. The molecule has 0 aromatic heterocycles. The summed E-state index contributed by atoms with van der Waals surface area (Å²) in [7, 11) is 3.05. The van der Waals surface area contributed by atoms with Gasteiger partial charge in [-0.25, -0.2) is 0 Å². The number of methoxy groups -OCH3 is 2. The van der Waals surface area contributed by atoms with E-state index >= 15 is 0 Å². The minimum atomic E-state index is -0.644. The highest BCUT2D eigenvalue weighted by molar-refractivity contribution is 6.39. The van der Waals surface area contributed by atoms with Crippen LogP contribution in [0.15, 0.2) is 18.2 Å². The van der Waals surface area contributed by atoms with Crippen molar-refractivity contribution in [3.63, 3.8) is 0 Å². The van der Waals surface area contributed by atoms with Gasteiger partial charge in [-0.05, 0) is 30.4 Å². The van der Waals surface area contributed by atoms with Crippen LogP contribution in [0.1, 0.15) is 20.3 Å². The highest BCUT2D eigenvalue weighted by Crippen LogP contribution is 2.29. The maximum absolute atomic E-state index is 12.4. The highest BCUT2D eigenvalue weighted by atomic mass is 16.5. The van der Waals surface area contributed by atoms with E-state index in [-0.39, 0.29) is 0 Å². The van der Waals surface area contributed by atoms with Gasteiger partial charge in [-0.15, -0.1) is 0 Å². The largest absolute Gasteiger partial charge is 0.497 e. The Labute approximate surface area is 136 Å². The number of nitrogens with zero attached hydrogens (tertiary/aromatic N) is 1. The molecule has 1 N–H and O–H groups in total. The summed E-state index contributed by atoms with van der Waals surface area (Å²) >= 11 is 0. The molecule has 1 aromatic rings. The van der Waals surface area contributed by atoms with Crippen molar-refractivity contribution in [3.05, 3.63) is 18.2 Å². The molecule has 1 aromatic carbocycles. The number of likely N-dealkylation sites (tertiary alicyclic amines) is 1. The molecule has 126 valence electrons. The van der Waals surface area contributed by atoms with Gasteiger partial charge in [0.15, 0.2) is 0 Å². The van der Waals surface area contributed by atoms with E-state index in [4.69, 9.17) is 9.47 Å². The molecule has 0 saturated carbocycles.